The first-order valence-corrected chi connectivity index (χ1v) is 8.60. The van der Waals surface area contributed by atoms with Crippen molar-refractivity contribution in [3.05, 3.63) is 0 Å². The lowest BCUT2D eigenvalue weighted by molar-refractivity contribution is -0.130. The van der Waals surface area contributed by atoms with Gasteiger partial charge in [0.25, 0.3) is 0 Å². The van der Waals surface area contributed by atoms with E-state index in [9.17, 15) is 9.59 Å². The van der Waals surface area contributed by atoms with Crippen molar-refractivity contribution in [2.24, 2.45) is 11.8 Å². The number of ether oxygens (including phenoxy) is 2. The van der Waals surface area contributed by atoms with E-state index in [0.29, 0.717) is 31.6 Å². The first-order valence-electron chi connectivity index (χ1n) is 8.60. The van der Waals surface area contributed by atoms with Gasteiger partial charge < -0.3 is 20.1 Å². The summed E-state index contributed by atoms with van der Waals surface area (Å²) in [6.45, 7) is 11.2. The van der Waals surface area contributed by atoms with E-state index in [4.69, 9.17) is 9.47 Å². The summed E-state index contributed by atoms with van der Waals surface area (Å²) in [4.78, 5) is 23.1. The van der Waals surface area contributed by atoms with Gasteiger partial charge in [-0.1, -0.05) is 27.7 Å². The standard InChI is InChI=1S/C17H34N2O4/c1-14(2)7-5-9-23-13-19-17(21)11-16(20)18-8-6-10-22-12-15(3)4/h14-15H,5-13H2,1-4H3,(H,18,20)(H,19,21). The van der Waals surface area contributed by atoms with Gasteiger partial charge in [0.05, 0.1) is 0 Å². The molecule has 0 atom stereocenters. The van der Waals surface area contributed by atoms with Crippen LogP contribution < -0.4 is 10.6 Å². The summed E-state index contributed by atoms with van der Waals surface area (Å²) in [5.74, 6) is 0.585. The first-order chi connectivity index (χ1) is 10.9. The van der Waals surface area contributed by atoms with Crippen molar-refractivity contribution in [2.75, 3.05) is 33.1 Å². The van der Waals surface area contributed by atoms with Gasteiger partial charge in [-0.3, -0.25) is 9.59 Å². The van der Waals surface area contributed by atoms with Crippen LogP contribution >= 0.6 is 0 Å². The summed E-state index contributed by atoms with van der Waals surface area (Å²) in [5.41, 5.74) is 0. The maximum atomic E-state index is 11.6. The van der Waals surface area contributed by atoms with Gasteiger partial charge in [0.15, 0.2) is 0 Å². The SMILES string of the molecule is CC(C)CCCOCNC(=O)CC(=O)NCCCOCC(C)C. The number of rotatable bonds is 14. The van der Waals surface area contributed by atoms with E-state index >= 15 is 0 Å². The molecule has 0 aromatic rings. The number of hydrogen-bond donors (Lipinski definition) is 2. The third-order valence-corrected chi connectivity index (χ3v) is 3.00. The van der Waals surface area contributed by atoms with Gasteiger partial charge in [-0.25, -0.2) is 0 Å². The molecule has 2 amide bonds. The smallest absolute Gasteiger partial charge is 0.231 e. The molecule has 0 aromatic heterocycles. The fourth-order valence-corrected chi connectivity index (χ4v) is 1.79. The normalized spacial score (nSPS) is 11.0. The fourth-order valence-electron chi connectivity index (χ4n) is 1.79. The molecule has 6 heteroatoms. The van der Waals surface area contributed by atoms with Crippen molar-refractivity contribution < 1.29 is 19.1 Å². The largest absolute Gasteiger partial charge is 0.381 e. The minimum atomic E-state index is -0.317. The molecule has 136 valence electrons. The molecular formula is C17H34N2O4. The molecule has 0 aliphatic heterocycles. The molecule has 0 aliphatic carbocycles. The molecule has 0 heterocycles. The van der Waals surface area contributed by atoms with Gasteiger partial charge >= 0.3 is 0 Å². The van der Waals surface area contributed by atoms with Crippen LogP contribution in [-0.2, 0) is 19.1 Å². The van der Waals surface area contributed by atoms with Crippen molar-refractivity contribution in [2.45, 2.75) is 53.4 Å². The predicted molar refractivity (Wildman–Crippen MR) is 90.9 cm³/mol. The van der Waals surface area contributed by atoms with Crippen LogP contribution in [0.1, 0.15) is 53.4 Å². The molecule has 23 heavy (non-hydrogen) atoms. The Morgan fingerprint density at radius 2 is 1.52 bits per heavy atom. The van der Waals surface area contributed by atoms with Crippen LogP contribution in [0.15, 0.2) is 0 Å². The molecule has 0 radical (unpaired) electrons. The fraction of sp³-hybridized carbons (Fsp3) is 0.882. The Balaban J connectivity index is 3.43. The zero-order valence-electron chi connectivity index (χ0n) is 15.2. The van der Waals surface area contributed by atoms with Crippen molar-refractivity contribution >= 4 is 11.8 Å². The highest BCUT2D eigenvalue weighted by molar-refractivity contribution is 5.96. The Labute approximate surface area is 140 Å². The minimum absolute atomic E-state index is 0.160. The van der Waals surface area contributed by atoms with E-state index in [1.807, 2.05) is 0 Å². The minimum Gasteiger partial charge on any atom is -0.381 e. The molecule has 0 saturated heterocycles. The summed E-state index contributed by atoms with van der Waals surface area (Å²) in [5, 5.41) is 5.28. The molecule has 0 fully saturated rings. The second-order valence-corrected chi connectivity index (χ2v) is 6.54. The Kier molecular flexibility index (Phi) is 13.7. The van der Waals surface area contributed by atoms with Crippen LogP contribution in [-0.4, -0.2) is 44.9 Å². The van der Waals surface area contributed by atoms with Crippen molar-refractivity contribution in [1.82, 2.24) is 10.6 Å². The highest BCUT2D eigenvalue weighted by Crippen LogP contribution is 2.02. The number of hydrogen-bond acceptors (Lipinski definition) is 4. The highest BCUT2D eigenvalue weighted by atomic mass is 16.5. The van der Waals surface area contributed by atoms with E-state index in [2.05, 4.69) is 38.3 Å². The van der Waals surface area contributed by atoms with Gasteiger partial charge in [-0.05, 0) is 31.1 Å². The van der Waals surface area contributed by atoms with Gasteiger partial charge in [-0.15, -0.1) is 0 Å². The summed E-state index contributed by atoms with van der Waals surface area (Å²) in [7, 11) is 0. The summed E-state index contributed by atoms with van der Waals surface area (Å²) >= 11 is 0. The number of nitrogens with one attached hydrogen (secondary N) is 2. The monoisotopic (exact) mass is 330 g/mol. The average Bonchev–Trinajstić information content (AvgIpc) is 2.45. The quantitative estimate of drug-likeness (QED) is 0.290. The van der Waals surface area contributed by atoms with E-state index in [1.165, 1.54) is 0 Å². The Bertz CT molecular complexity index is 290. The molecule has 0 aromatic carbocycles. The van der Waals surface area contributed by atoms with Gasteiger partial charge in [0.1, 0.15) is 13.2 Å². The van der Waals surface area contributed by atoms with Crippen molar-refractivity contribution in [3.63, 3.8) is 0 Å². The molecule has 0 aliphatic rings. The topological polar surface area (TPSA) is 76.7 Å². The Morgan fingerprint density at radius 1 is 0.870 bits per heavy atom. The van der Waals surface area contributed by atoms with E-state index in [0.717, 1.165) is 25.9 Å². The van der Waals surface area contributed by atoms with E-state index in [1.54, 1.807) is 0 Å². The van der Waals surface area contributed by atoms with Crippen LogP contribution in [0.25, 0.3) is 0 Å². The van der Waals surface area contributed by atoms with Crippen LogP contribution in [0.2, 0.25) is 0 Å². The molecule has 0 unspecified atom stereocenters. The lowest BCUT2D eigenvalue weighted by atomic mass is 10.1. The maximum absolute atomic E-state index is 11.6. The van der Waals surface area contributed by atoms with E-state index in [-0.39, 0.29) is 25.0 Å². The molecule has 0 rings (SSSR count). The lowest BCUT2D eigenvalue weighted by Crippen LogP contribution is -2.33. The second kappa shape index (κ2) is 14.5. The van der Waals surface area contributed by atoms with Crippen molar-refractivity contribution in [3.8, 4) is 0 Å². The first kappa shape index (κ1) is 21.9. The third kappa shape index (κ3) is 17.1. The van der Waals surface area contributed by atoms with Crippen molar-refractivity contribution in [1.29, 1.82) is 0 Å². The summed E-state index contributed by atoms with van der Waals surface area (Å²) < 4.78 is 10.7. The summed E-state index contributed by atoms with van der Waals surface area (Å²) in [6.07, 6.45) is 2.67. The zero-order valence-corrected chi connectivity index (χ0v) is 15.2. The average molecular weight is 330 g/mol. The number of amides is 2. The van der Waals surface area contributed by atoms with Gasteiger partial charge in [-0.2, -0.15) is 0 Å². The van der Waals surface area contributed by atoms with Gasteiger partial charge in [0, 0.05) is 26.4 Å². The van der Waals surface area contributed by atoms with Gasteiger partial charge in [0.2, 0.25) is 11.8 Å². The molecular weight excluding hydrogens is 296 g/mol. The van der Waals surface area contributed by atoms with Crippen LogP contribution in [0, 0.1) is 11.8 Å². The molecule has 0 bridgehead atoms. The second-order valence-electron chi connectivity index (χ2n) is 6.54. The summed E-state index contributed by atoms with van der Waals surface area (Å²) in [6, 6.07) is 0. The predicted octanol–water partition coefficient (Wildman–Crippen LogP) is 2.08. The third-order valence-electron chi connectivity index (χ3n) is 3.00. The van der Waals surface area contributed by atoms with Crippen LogP contribution in [0.3, 0.4) is 0 Å². The molecule has 0 saturated carbocycles. The Morgan fingerprint density at radius 3 is 2.17 bits per heavy atom. The zero-order chi connectivity index (χ0) is 17.5. The number of carbonyl (C=O) groups is 2. The van der Waals surface area contributed by atoms with E-state index < -0.39 is 0 Å². The van der Waals surface area contributed by atoms with Crippen LogP contribution in [0.5, 0.6) is 0 Å². The Hall–Kier alpha value is -1.14. The maximum Gasteiger partial charge on any atom is 0.231 e. The number of carbonyl (C=O) groups excluding carboxylic acids is 2. The lowest BCUT2D eigenvalue weighted by Gasteiger charge is -2.09. The molecule has 2 N–H and O–H groups in total. The molecule has 6 nitrogen and oxygen atoms in total. The van der Waals surface area contributed by atoms with Crippen LogP contribution in [0.4, 0.5) is 0 Å². The highest BCUT2D eigenvalue weighted by Gasteiger charge is 2.08. The molecule has 0 spiro atoms.